The summed E-state index contributed by atoms with van der Waals surface area (Å²) in [5, 5.41) is 1.51. The molecule has 0 aliphatic carbocycles. The van der Waals surface area contributed by atoms with Gasteiger partial charge in [-0.2, -0.15) is 9.36 Å². The summed E-state index contributed by atoms with van der Waals surface area (Å²) in [5.41, 5.74) is 7.12. The van der Waals surface area contributed by atoms with Crippen LogP contribution in [0, 0.1) is 5.82 Å². The van der Waals surface area contributed by atoms with Crippen LogP contribution in [0.3, 0.4) is 0 Å². The smallest absolute Gasteiger partial charge is 0.232 e. The fourth-order valence-corrected chi connectivity index (χ4v) is 2.13. The van der Waals surface area contributed by atoms with Gasteiger partial charge >= 0.3 is 0 Å². The number of nitrogens with one attached hydrogen (secondary N) is 1. The third-order valence-corrected chi connectivity index (χ3v) is 3.02. The highest BCUT2D eigenvalue weighted by atomic mass is 32.1. The molecular weight excluding hydrogens is 227 g/mol. The Balaban J connectivity index is 2.18. The highest BCUT2D eigenvalue weighted by molar-refractivity contribution is 7.09. The van der Waals surface area contributed by atoms with E-state index >= 15 is 0 Å². The van der Waals surface area contributed by atoms with Gasteiger partial charge in [-0.3, -0.25) is 0 Å². The third-order valence-electron chi connectivity index (χ3n) is 2.25. The molecule has 0 fully saturated rings. The lowest BCUT2D eigenvalue weighted by atomic mass is 10.2. The SMILES string of the molecule is Nc1nsc(-c2cc3cc(F)ccc3[nH]2)n1. The topological polar surface area (TPSA) is 67.6 Å². The summed E-state index contributed by atoms with van der Waals surface area (Å²) >= 11 is 1.21. The van der Waals surface area contributed by atoms with Gasteiger partial charge in [0.05, 0.1) is 5.69 Å². The van der Waals surface area contributed by atoms with Crippen molar-refractivity contribution < 1.29 is 4.39 Å². The second-order valence-corrected chi connectivity index (χ2v) is 4.12. The van der Waals surface area contributed by atoms with Gasteiger partial charge in [0.2, 0.25) is 5.95 Å². The van der Waals surface area contributed by atoms with E-state index in [0.717, 1.165) is 16.6 Å². The summed E-state index contributed by atoms with van der Waals surface area (Å²) in [6, 6.07) is 6.41. The van der Waals surface area contributed by atoms with E-state index in [9.17, 15) is 4.39 Å². The molecule has 0 saturated carbocycles. The minimum absolute atomic E-state index is 0.254. The van der Waals surface area contributed by atoms with Crippen LogP contribution in [0.5, 0.6) is 0 Å². The van der Waals surface area contributed by atoms with Crippen molar-refractivity contribution in [2.24, 2.45) is 0 Å². The number of hydrogen-bond donors (Lipinski definition) is 2. The van der Waals surface area contributed by atoms with Gasteiger partial charge in [0.25, 0.3) is 0 Å². The van der Waals surface area contributed by atoms with Crippen LogP contribution in [0.15, 0.2) is 24.3 Å². The number of anilines is 1. The van der Waals surface area contributed by atoms with Crippen LogP contribution in [0.2, 0.25) is 0 Å². The molecule has 0 aliphatic rings. The number of nitrogens with zero attached hydrogens (tertiary/aromatic N) is 2. The van der Waals surface area contributed by atoms with Crippen LogP contribution >= 0.6 is 11.5 Å². The summed E-state index contributed by atoms with van der Waals surface area (Å²) in [5.74, 6) is -0.000311. The van der Waals surface area contributed by atoms with Gasteiger partial charge < -0.3 is 10.7 Å². The second kappa shape index (κ2) is 3.28. The Labute approximate surface area is 94.1 Å². The number of fused-ring (bicyclic) bond motifs is 1. The largest absolute Gasteiger partial charge is 0.367 e. The van der Waals surface area contributed by atoms with Gasteiger partial charge in [-0.15, -0.1) is 0 Å². The lowest BCUT2D eigenvalue weighted by molar-refractivity contribution is 0.630. The Morgan fingerprint density at radius 3 is 2.94 bits per heavy atom. The van der Waals surface area contributed by atoms with Crippen LogP contribution in [0.1, 0.15) is 0 Å². The number of nitrogen functional groups attached to an aromatic ring is 1. The first-order chi connectivity index (χ1) is 7.72. The zero-order valence-corrected chi connectivity index (χ0v) is 8.88. The number of benzene rings is 1. The van der Waals surface area contributed by atoms with E-state index in [4.69, 9.17) is 5.73 Å². The first-order valence-electron chi connectivity index (χ1n) is 4.60. The van der Waals surface area contributed by atoms with E-state index < -0.39 is 0 Å². The highest BCUT2D eigenvalue weighted by Gasteiger charge is 2.08. The molecule has 6 heteroatoms. The molecule has 0 amide bonds. The standard InChI is InChI=1S/C10H7FN4S/c11-6-1-2-7-5(3-6)4-8(13-7)9-14-10(12)15-16-9/h1-4,13H,(H2,12,15). The Kier molecular flexibility index (Phi) is 1.90. The molecule has 0 atom stereocenters. The number of hydrogen-bond acceptors (Lipinski definition) is 4. The van der Waals surface area contributed by atoms with Crippen molar-refractivity contribution in [2.45, 2.75) is 0 Å². The number of halogens is 1. The molecule has 0 radical (unpaired) electrons. The molecule has 80 valence electrons. The predicted molar refractivity (Wildman–Crippen MR) is 61.6 cm³/mol. The normalized spacial score (nSPS) is 11.1. The number of H-pyrrole nitrogens is 1. The summed E-state index contributed by atoms with van der Waals surface area (Å²) in [6.07, 6.45) is 0. The molecule has 2 aromatic heterocycles. The van der Waals surface area contributed by atoms with Crippen molar-refractivity contribution in [2.75, 3.05) is 5.73 Å². The molecule has 0 aliphatic heterocycles. The molecule has 16 heavy (non-hydrogen) atoms. The average molecular weight is 234 g/mol. The molecule has 3 aromatic rings. The maximum absolute atomic E-state index is 13.0. The summed E-state index contributed by atoms with van der Waals surface area (Å²) in [4.78, 5) is 7.20. The fraction of sp³-hybridized carbons (Fsp3) is 0. The molecule has 0 spiro atoms. The van der Waals surface area contributed by atoms with Gasteiger partial charge in [-0.05, 0) is 35.8 Å². The Bertz CT molecular complexity index is 658. The maximum Gasteiger partial charge on any atom is 0.232 e. The van der Waals surface area contributed by atoms with E-state index in [-0.39, 0.29) is 11.8 Å². The third kappa shape index (κ3) is 1.43. The molecule has 3 N–H and O–H groups in total. The monoisotopic (exact) mass is 234 g/mol. The van der Waals surface area contributed by atoms with E-state index in [1.54, 1.807) is 6.07 Å². The lowest BCUT2D eigenvalue weighted by Crippen LogP contribution is -1.85. The zero-order chi connectivity index (χ0) is 11.1. The maximum atomic E-state index is 13.0. The van der Waals surface area contributed by atoms with Crippen molar-refractivity contribution >= 4 is 28.4 Å². The lowest BCUT2D eigenvalue weighted by Gasteiger charge is -1.88. The molecule has 0 saturated heterocycles. The Morgan fingerprint density at radius 2 is 2.19 bits per heavy atom. The number of aromatic nitrogens is 3. The van der Waals surface area contributed by atoms with E-state index in [1.165, 1.54) is 23.7 Å². The first kappa shape index (κ1) is 9.29. The summed E-state index contributed by atoms with van der Waals surface area (Å²) in [7, 11) is 0. The van der Waals surface area contributed by atoms with Crippen molar-refractivity contribution in [3.05, 3.63) is 30.1 Å². The van der Waals surface area contributed by atoms with Crippen molar-refractivity contribution in [1.82, 2.24) is 14.3 Å². The van der Waals surface area contributed by atoms with Crippen molar-refractivity contribution in [3.63, 3.8) is 0 Å². The molecule has 4 nitrogen and oxygen atoms in total. The second-order valence-electron chi connectivity index (χ2n) is 3.37. The van der Waals surface area contributed by atoms with Gasteiger partial charge in [0, 0.05) is 10.9 Å². The van der Waals surface area contributed by atoms with Crippen LogP contribution in [0.25, 0.3) is 21.6 Å². The average Bonchev–Trinajstić information content (AvgIpc) is 2.83. The van der Waals surface area contributed by atoms with Gasteiger partial charge in [0.15, 0.2) is 5.01 Å². The van der Waals surface area contributed by atoms with E-state index in [2.05, 4.69) is 14.3 Å². The Hall–Kier alpha value is -1.95. The van der Waals surface area contributed by atoms with Gasteiger partial charge in [-0.1, -0.05) is 0 Å². The first-order valence-corrected chi connectivity index (χ1v) is 5.37. The summed E-state index contributed by atoms with van der Waals surface area (Å²) in [6.45, 7) is 0. The molecule has 1 aromatic carbocycles. The van der Waals surface area contributed by atoms with Crippen LogP contribution in [-0.2, 0) is 0 Å². The van der Waals surface area contributed by atoms with E-state index in [1.807, 2.05) is 6.07 Å². The predicted octanol–water partition coefficient (Wildman–Crippen LogP) is 2.41. The van der Waals surface area contributed by atoms with Crippen LogP contribution < -0.4 is 5.73 Å². The van der Waals surface area contributed by atoms with Gasteiger partial charge in [-0.25, -0.2) is 4.39 Å². The van der Waals surface area contributed by atoms with Crippen molar-refractivity contribution in [3.8, 4) is 10.7 Å². The molecule has 0 bridgehead atoms. The summed E-state index contributed by atoms with van der Waals surface area (Å²) < 4.78 is 16.9. The van der Waals surface area contributed by atoms with Crippen LogP contribution in [-0.4, -0.2) is 14.3 Å². The number of rotatable bonds is 1. The van der Waals surface area contributed by atoms with Gasteiger partial charge in [0.1, 0.15) is 5.82 Å². The zero-order valence-electron chi connectivity index (χ0n) is 8.07. The Morgan fingerprint density at radius 1 is 1.31 bits per heavy atom. The molecule has 3 rings (SSSR count). The van der Waals surface area contributed by atoms with Crippen molar-refractivity contribution in [1.29, 1.82) is 0 Å². The van der Waals surface area contributed by atoms with E-state index in [0.29, 0.717) is 5.01 Å². The number of nitrogens with two attached hydrogens (primary N) is 1. The minimum Gasteiger partial charge on any atom is -0.367 e. The highest BCUT2D eigenvalue weighted by Crippen LogP contribution is 2.26. The number of aromatic amines is 1. The molecular formula is C10H7FN4S. The molecule has 0 unspecified atom stereocenters. The minimum atomic E-state index is -0.255. The van der Waals surface area contributed by atoms with Crippen LogP contribution in [0.4, 0.5) is 10.3 Å². The quantitative estimate of drug-likeness (QED) is 0.679. The fourth-order valence-electron chi connectivity index (χ4n) is 1.56. The molecule has 2 heterocycles.